The molecule has 0 bridgehead atoms. The number of nitrogens with one attached hydrogen (secondary N) is 2. The van der Waals surface area contributed by atoms with Crippen LogP contribution in [0.5, 0.6) is 0 Å². The van der Waals surface area contributed by atoms with Gasteiger partial charge in [-0.2, -0.15) is 5.10 Å². The van der Waals surface area contributed by atoms with Gasteiger partial charge in [-0.05, 0) is 48.2 Å². The van der Waals surface area contributed by atoms with Gasteiger partial charge in [0.1, 0.15) is 5.82 Å². The van der Waals surface area contributed by atoms with E-state index >= 15 is 0 Å². The van der Waals surface area contributed by atoms with Crippen molar-refractivity contribution in [2.24, 2.45) is 5.10 Å². The number of nitrogens with zero attached hydrogens (tertiary/aromatic N) is 1. The van der Waals surface area contributed by atoms with Crippen molar-refractivity contribution in [3.8, 4) is 0 Å². The van der Waals surface area contributed by atoms with Crippen molar-refractivity contribution < 1.29 is 14.0 Å². The summed E-state index contributed by atoms with van der Waals surface area (Å²) >= 11 is 1.36. The van der Waals surface area contributed by atoms with Crippen molar-refractivity contribution in [2.75, 3.05) is 5.32 Å². The third-order valence-corrected chi connectivity index (χ3v) is 4.60. The molecule has 2 N–H and O–H groups in total. The first-order chi connectivity index (χ1) is 13.0. The lowest BCUT2D eigenvalue weighted by Gasteiger charge is -2.07. The SMILES string of the molecule is C/C(=N\NC(=O)c1ccccc1F)c1cccc(NC(=O)c2cccs2)c1. The molecule has 0 saturated heterocycles. The quantitative estimate of drug-likeness (QED) is 0.511. The minimum absolute atomic E-state index is 0.0778. The van der Waals surface area contributed by atoms with Crippen molar-refractivity contribution in [1.82, 2.24) is 5.43 Å². The van der Waals surface area contributed by atoms with E-state index < -0.39 is 11.7 Å². The van der Waals surface area contributed by atoms with Gasteiger partial charge in [0.2, 0.25) is 0 Å². The molecule has 0 aliphatic heterocycles. The Morgan fingerprint density at radius 3 is 2.56 bits per heavy atom. The molecule has 1 heterocycles. The van der Waals surface area contributed by atoms with Crippen molar-refractivity contribution in [2.45, 2.75) is 6.92 Å². The van der Waals surface area contributed by atoms with E-state index in [1.165, 1.54) is 29.5 Å². The summed E-state index contributed by atoms with van der Waals surface area (Å²) in [5.41, 5.74) is 4.11. The number of rotatable bonds is 5. The lowest BCUT2D eigenvalue weighted by molar-refractivity contribution is 0.0950. The van der Waals surface area contributed by atoms with Crippen LogP contribution >= 0.6 is 11.3 Å². The van der Waals surface area contributed by atoms with Crippen LogP contribution in [0.1, 0.15) is 32.5 Å². The second kappa shape index (κ2) is 8.37. The average molecular weight is 381 g/mol. The number of amides is 2. The van der Waals surface area contributed by atoms with E-state index in [1.807, 2.05) is 11.4 Å². The summed E-state index contributed by atoms with van der Waals surface area (Å²) in [6, 6.07) is 16.3. The Kier molecular flexibility index (Phi) is 5.73. The molecule has 1 aromatic heterocycles. The molecule has 2 aromatic carbocycles. The largest absolute Gasteiger partial charge is 0.321 e. The summed E-state index contributed by atoms with van der Waals surface area (Å²) in [4.78, 5) is 24.8. The van der Waals surface area contributed by atoms with Gasteiger partial charge in [0.25, 0.3) is 11.8 Å². The lowest BCUT2D eigenvalue weighted by Crippen LogP contribution is -2.20. The van der Waals surface area contributed by atoms with E-state index in [4.69, 9.17) is 0 Å². The van der Waals surface area contributed by atoms with Crippen LogP contribution in [0.4, 0.5) is 10.1 Å². The summed E-state index contributed by atoms with van der Waals surface area (Å²) < 4.78 is 13.6. The number of hydrazone groups is 1. The zero-order chi connectivity index (χ0) is 19.2. The third-order valence-electron chi connectivity index (χ3n) is 3.73. The minimum atomic E-state index is -0.630. The summed E-state index contributed by atoms with van der Waals surface area (Å²) in [5, 5.41) is 8.67. The Balaban J connectivity index is 1.70. The van der Waals surface area contributed by atoms with Gasteiger partial charge in [0, 0.05) is 5.69 Å². The van der Waals surface area contributed by atoms with Crippen LogP contribution in [0, 0.1) is 5.82 Å². The summed E-state index contributed by atoms with van der Waals surface area (Å²) in [5.74, 6) is -1.43. The molecule has 7 heteroatoms. The number of benzene rings is 2. The van der Waals surface area contributed by atoms with Gasteiger partial charge in [-0.15, -0.1) is 11.3 Å². The smallest absolute Gasteiger partial charge is 0.274 e. The molecular formula is C20H16FN3O2S. The highest BCUT2D eigenvalue weighted by molar-refractivity contribution is 7.12. The fraction of sp³-hybridized carbons (Fsp3) is 0.0500. The van der Waals surface area contributed by atoms with Gasteiger partial charge in [0.05, 0.1) is 16.2 Å². The monoisotopic (exact) mass is 381 g/mol. The highest BCUT2D eigenvalue weighted by Crippen LogP contribution is 2.15. The highest BCUT2D eigenvalue weighted by Gasteiger charge is 2.11. The van der Waals surface area contributed by atoms with Crippen molar-refractivity contribution >= 4 is 34.6 Å². The maximum atomic E-state index is 13.6. The molecular weight excluding hydrogens is 365 g/mol. The topological polar surface area (TPSA) is 70.6 Å². The van der Waals surface area contributed by atoms with Gasteiger partial charge in [0.15, 0.2) is 0 Å². The molecule has 5 nitrogen and oxygen atoms in total. The van der Waals surface area contributed by atoms with Crippen LogP contribution < -0.4 is 10.7 Å². The number of anilines is 1. The van der Waals surface area contributed by atoms with Gasteiger partial charge >= 0.3 is 0 Å². The molecule has 0 saturated carbocycles. The van der Waals surface area contributed by atoms with Crippen LogP contribution in [0.25, 0.3) is 0 Å². The van der Waals surface area contributed by atoms with Crippen molar-refractivity contribution in [1.29, 1.82) is 0 Å². The third kappa shape index (κ3) is 4.65. The molecule has 0 atom stereocenters. The van der Waals surface area contributed by atoms with Gasteiger partial charge in [-0.1, -0.05) is 30.3 Å². The molecule has 0 radical (unpaired) electrons. The van der Waals surface area contributed by atoms with Crippen LogP contribution in [-0.2, 0) is 0 Å². The van der Waals surface area contributed by atoms with Crippen molar-refractivity contribution in [3.63, 3.8) is 0 Å². The van der Waals surface area contributed by atoms with Crippen molar-refractivity contribution in [3.05, 3.63) is 87.9 Å². The predicted molar refractivity (Wildman–Crippen MR) is 105 cm³/mol. The lowest BCUT2D eigenvalue weighted by atomic mass is 10.1. The summed E-state index contributed by atoms with van der Waals surface area (Å²) in [6.07, 6.45) is 0. The zero-order valence-electron chi connectivity index (χ0n) is 14.4. The maximum Gasteiger partial charge on any atom is 0.274 e. The Bertz CT molecular complexity index is 1000. The second-order valence-corrected chi connectivity index (χ2v) is 6.58. The van der Waals surface area contributed by atoms with Crippen LogP contribution in [0.2, 0.25) is 0 Å². The molecule has 136 valence electrons. The number of carbonyl (C=O) groups excluding carboxylic acids is 2. The highest BCUT2D eigenvalue weighted by atomic mass is 32.1. The van der Waals surface area contributed by atoms with Crippen LogP contribution in [0.3, 0.4) is 0 Å². The van der Waals surface area contributed by atoms with E-state index in [2.05, 4.69) is 15.8 Å². The Morgan fingerprint density at radius 1 is 1.00 bits per heavy atom. The van der Waals surface area contributed by atoms with E-state index in [-0.39, 0.29) is 11.5 Å². The van der Waals surface area contributed by atoms with Crippen LogP contribution in [0.15, 0.2) is 71.1 Å². The predicted octanol–water partition coefficient (Wildman–Crippen LogP) is 4.29. The maximum absolute atomic E-state index is 13.6. The number of halogens is 1. The van der Waals surface area contributed by atoms with Crippen LogP contribution in [-0.4, -0.2) is 17.5 Å². The normalized spacial score (nSPS) is 11.1. The van der Waals surface area contributed by atoms with E-state index in [1.54, 1.807) is 43.3 Å². The van der Waals surface area contributed by atoms with E-state index in [0.29, 0.717) is 21.8 Å². The minimum Gasteiger partial charge on any atom is -0.321 e. The molecule has 3 rings (SSSR count). The standard InChI is InChI=1S/C20H16FN3O2S/c1-13(23-24-19(25)16-8-2-3-9-17(16)21)14-6-4-7-15(12-14)22-20(26)18-10-5-11-27-18/h2-12H,1H3,(H,22,26)(H,24,25)/b23-13+. The molecule has 3 aromatic rings. The summed E-state index contributed by atoms with van der Waals surface area (Å²) in [7, 11) is 0. The van der Waals surface area contributed by atoms with Gasteiger partial charge in [-0.3, -0.25) is 9.59 Å². The number of carbonyl (C=O) groups is 2. The Hall–Kier alpha value is -3.32. The zero-order valence-corrected chi connectivity index (χ0v) is 15.2. The summed E-state index contributed by atoms with van der Waals surface area (Å²) in [6.45, 7) is 1.71. The fourth-order valence-corrected chi connectivity index (χ4v) is 2.95. The first-order valence-electron chi connectivity index (χ1n) is 8.09. The molecule has 0 fully saturated rings. The first-order valence-corrected chi connectivity index (χ1v) is 8.97. The number of hydrogen-bond donors (Lipinski definition) is 2. The fourth-order valence-electron chi connectivity index (χ4n) is 2.33. The molecule has 0 spiro atoms. The first kappa shape index (κ1) is 18.5. The second-order valence-electron chi connectivity index (χ2n) is 5.63. The Morgan fingerprint density at radius 2 is 1.81 bits per heavy atom. The molecule has 0 unspecified atom stereocenters. The molecule has 27 heavy (non-hydrogen) atoms. The number of hydrogen-bond acceptors (Lipinski definition) is 4. The molecule has 2 amide bonds. The molecule has 0 aliphatic carbocycles. The average Bonchev–Trinajstić information content (AvgIpc) is 3.21. The van der Waals surface area contributed by atoms with Gasteiger partial charge in [-0.25, -0.2) is 9.82 Å². The van der Waals surface area contributed by atoms with Gasteiger partial charge < -0.3 is 5.32 Å². The van der Waals surface area contributed by atoms with E-state index in [0.717, 1.165) is 0 Å². The van der Waals surface area contributed by atoms with E-state index in [9.17, 15) is 14.0 Å². The molecule has 0 aliphatic rings. The number of thiophene rings is 1. The Labute approximate surface area is 159 Å².